The number of ether oxygens (including phenoxy) is 1. The molecule has 1 aromatic rings. The van der Waals surface area contributed by atoms with Crippen molar-refractivity contribution in [3.63, 3.8) is 0 Å². The molecule has 0 saturated heterocycles. The van der Waals surface area contributed by atoms with E-state index in [1.807, 2.05) is 0 Å². The van der Waals surface area contributed by atoms with Crippen molar-refractivity contribution in [3.8, 4) is 0 Å². The van der Waals surface area contributed by atoms with E-state index in [9.17, 15) is 9.59 Å². The van der Waals surface area contributed by atoms with Crippen LogP contribution in [-0.4, -0.2) is 25.5 Å². The average molecular weight is 330 g/mol. The molecule has 1 aromatic carbocycles. The van der Waals surface area contributed by atoms with Crippen molar-refractivity contribution in [1.29, 1.82) is 0 Å². The predicted octanol–water partition coefficient (Wildman–Crippen LogP) is 3.45. The fourth-order valence-electron chi connectivity index (χ4n) is 3.03. The second kappa shape index (κ2) is 7.18. The number of anilines is 2. The zero-order chi connectivity index (χ0) is 17.9. The molecule has 2 amide bonds. The van der Waals surface area contributed by atoms with Crippen molar-refractivity contribution in [3.05, 3.63) is 35.9 Å². The van der Waals surface area contributed by atoms with Gasteiger partial charge in [-0.1, -0.05) is 25.5 Å². The van der Waals surface area contributed by atoms with Gasteiger partial charge < -0.3 is 15.4 Å². The molecule has 0 bridgehead atoms. The van der Waals surface area contributed by atoms with Gasteiger partial charge in [-0.3, -0.25) is 9.59 Å². The van der Waals surface area contributed by atoms with Gasteiger partial charge in [0.15, 0.2) is 0 Å². The number of nitrogens with one attached hydrogen (secondary N) is 2. The van der Waals surface area contributed by atoms with E-state index in [1.165, 1.54) is 12.7 Å². The van der Waals surface area contributed by atoms with Crippen molar-refractivity contribution < 1.29 is 14.3 Å². The van der Waals surface area contributed by atoms with Crippen molar-refractivity contribution in [2.45, 2.75) is 27.7 Å². The van der Waals surface area contributed by atoms with Crippen LogP contribution in [0.4, 0.5) is 11.4 Å². The van der Waals surface area contributed by atoms with E-state index in [-0.39, 0.29) is 35.7 Å². The van der Waals surface area contributed by atoms with E-state index in [0.717, 1.165) is 5.69 Å². The molecule has 1 aliphatic rings. The highest BCUT2D eigenvalue weighted by atomic mass is 16.5. The Kier molecular flexibility index (Phi) is 5.44. The number of carbonyl (C=O) groups excluding carboxylic acids is 2. The Bertz CT molecular complexity index is 643. The van der Waals surface area contributed by atoms with E-state index in [4.69, 9.17) is 4.74 Å². The van der Waals surface area contributed by atoms with Crippen LogP contribution in [0.1, 0.15) is 27.7 Å². The molecule has 0 radical (unpaired) electrons. The highest BCUT2D eigenvalue weighted by molar-refractivity contribution is 5.96. The summed E-state index contributed by atoms with van der Waals surface area (Å²) in [7, 11) is 1.47. The maximum absolute atomic E-state index is 12.5. The molecule has 0 heterocycles. The number of carbonyl (C=O) groups is 2. The second-order valence-electron chi connectivity index (χ2n) is 7.12. The molecule has 2 atom stereocenters. The quantitative estimate of drug-likeness (QED) is 0.785. The summed E-state index contributed by atoms with van der Waals surface area (Å²) < 4.78 is 4.77. The number of benzene rings is 1. The van der Waals surface area contributed by atoms with Gasteiger partial charge in [0.1, 0.15) is 6.61 Å². The van der Waals surface area contributed by atoms with Gasteiger partial charge in [-0.2, -0.15) is 0 Å². The molecule has 2 unspecified atom stereocenters. The van der Waals surface area contributed by atoms with Crippen LogP contribution in [-0.2, 0) is 14.3 Å². The fourth-order valence-corrected chi connectivity index (χ4v) is 3.03. The molecule has 2 N–H and O–H groups in total. The Balaban J connectivity index is 1.96. The van der Waals surface area contributed by atoms with E-state index >= 15 is 0 Å². The van der Waals surface area contributed by atoms with Crippen LogP contribution in [0.3, 0.4) is 0 Å². The van der Waals surface area contributed by atoms with Gasteiger partial charge in [0.2, 0.25) is 11.8 Å². The maximum Gasteiger partial charge on any atom is 0.250 e. The number of methoxy groups -OCH3 is 1. The topological polar surface area (TPSA) is 67.4 Å². The van der Waals surface area contributed by atoms with Gasteiger partial charge in [-0.05, 0) is 49.4 Å². The Morgan fingerprint density at radius 3 is 2.17 bits per heavy atom. The summed E-state index contributed by atoms with van der Waals surface area (Å²) in [6.45, 7) is 8.37. The summed E-state index contributed by atoms with van der Waals surface area (Å²) in [5.74, 6) is 0.112. The number of rotatable bonds is 6. The largest absolute Gasteiger partial charge is 0.375 e. The molecule has 0 spiro atoms. The first-order chi connectivity index (χ1) is 11.3. The lowest BCUT2D eigenvalue weighted by Crippen LogP contribution is -2.18. The van der Waals surface area contributed by atoms with Crippen LogP contribution < -0.4 is 10.6 Å². The first-order valence-electron chi connectivity index (χ1n) is 8.10. The molecule has 5 nitrogen and oxygen atoms in total. The van der Waals surface area contributed by atoms with Gasteiger partial charge in [0, 0.05) is 18.5 Å². The molecule has 130 valence electrons. The minimum absolute atomic E-state index is 0.00454. The van der Waals surface area contributed by atoms with Crippen LogP contribution in [0.25, 0.3) is 0 Å². The Morgan fingerprint density at radius 2 is 1.67 bits per heavy atom. The first-order valence-corrected chi connectivity index (χ1v) is 8.10. The summed E-state index contributed by atoms with van der Waals surface area (Å²) in [5, 5.41) is 5.68. The Labute approximate surface area is 143 Å². The van der Waals surface area contributed by atoms with Gasteiger partial charge >= 0.3 is 0 Å². The summed E-state index contributed by atoms with van der Waals surface area (Å²) in [6, 6.07) is 7.08. The lowest BCUT2D eigenvalue weighted by Gasteiger charge is -2.08. The van der Waals surface area contributed by atoms with E-state index < -0.39 is 0 Å². The van der Waals surface area contributed by atoms with Crippen molar-refractivity contribution in [2.24, 2.45) is 17.3 Å². The molecule has 1 aliphatic carbocycles. The Morgan fingerprint density at radius 1 is 1.12 bits per heavy atom. The zero-order valence-corrected chi connectivity index (χ0v) is 15.0. The third-order valence-corrected chi connectivity index (χ3v) is 4.42. The summed E-state index contributed by atoms with van der Waals surface area (Å²) >= 11 is 0. The lowest BCUT2D eigenvalue weighted by atomic mass is 10.1. The van der Waals surface area contributed by atoms with Crippen LogP contribution in [0, 0.1) is 17.3 Å². The molecule has 1 fully saturated rings. The van der Waals surface area contributed by atoms with Crippen molar-refractivity contribution in [2.75, 3.05) is 24.4 Å². The first kappa shape index (κ1) is 18.2. The normalized spacial score (nSPS) is 20.9. The minimum atomic E-state index is -0.210. The van der Waals surface area contributed by atoms with Crippen LogP contribution in [0.15, 0.2) is 35.9 Å². The predicted molar refractivity (Wildman–Crippen MR) is 95.8 cm³/mol. The van der Waals surface area contributed by atoms with E-state index in [0.29, 0.717) is 5.69 Å². The molecule has 1 saturated carbocycles. The summed E-state index contributed by atoms with van der Waals surface area (Å²) in [5.41, 5.74) is 2.63. The molecule has 24 heavy (non-hydrogen) atoms. The average Bonchev–Trinajstić information content (AvgIpc) is 3.01. The number of hydrogen-bond donors (Lipinski definition) is 2. The van der Waals surface area contributed by atoms with Gasteiger partial charge in [0.25, 0.3) is 0 Å². The second-order valence-corrected chi connectivity index (χ2v) is 7.12. The van der Waals surface area contributed by atoms with Crippen molar-refractivity contribution >= 4 is 23.2 Å². The van der Waals surface area contributed by atoms with Crippen LogP contribution in [0.5, 0.6) is 0 Å². The number of hydrogen-bond acceptors (Lipinski definition) is 3. The van der Waals surface area contributed by atoms with Crippen LogP contribution >= 0.6 is 0 Å². The lowest BCUT2D eigenvalue weighted by molar-refractivity contribution is -0.120. The summed E-state index contributed by atoms with van der Waals surface area (Å²) in [4.78, 5) is 24.0. The zero-order valence-electron chi connectivity index (χ0n) is 15.0. The minimum Gasteiger partial charge on any atom is -0.375 e. The third-order valence-electron chi connectivity index (χ3n) is 4.42. The van der Waals surface area contributed by atoms with Crippen LogP contribution in [0.2, 0.25) is 0 Å². The SMILES string of the molecule is COCC(=O)Nc1ccc(NC(=O)C2C(C=C(C)C)C2(C)C)cc1. The molecule has 2 rings (SSSR count). The highest BCUT2D eigenvalue weighted by Gasteiger charge is 2.60. The molecular formula is C19H26N2O3. The number of amides is 2. The standard InChI is InChI=1S/C19H26N2O3/c1-12(2)10-15-17(19(15,3)4)18(23)21-14-8-6-13(7-9-14)20-16(22)11-24-5/h6-10,15,17H,11H2,1-5H3,(H,20,22)(H,21,23). The molecule has 0 aromatic heterocycles. The summed E-state index contributed by atoms with van der Waals surface area (Å²) in [6.07, 6.45) is 2.18. The maximum atomic E-state index is 12.5. The smallest absolute Gasteiger partial charge is 0.250 e. The van der Waals surface area contributed by atoms with E-state index in [2.05, 4.69) is 44.4 Å². The third kappa shape index (κ3) is 4.23. The fraction of sp³-hybridized carbons (Fsp3) is 0.474. The molecule has 0 aliphatic heterocycles. The highest BCUT2D eigenvalue weighted by Crippen LogP contribution is 2.59. The van der Waals surface area contributed by atoms with E-state index in [1.54, 1.807) is 24.3 Å². The number of allylic oxidation sites excluding steroid dienone is 2. The Hall–Kier alpha value is -2.14. The van der Waals surface area contributed by atoms with Gasteiger partial charge in [-0.15, -0.1) is 0 Å². The van der Waals surface area contributed by atoms with Gasteiger partial charge in [0.05, 0.1) is 5.92 Å². The van der Waals surface area contributed by atoms with Gasteiger partial charge in [-0.25, -0.2) is 0 Å². The monoisotopic (exact) mass is 330 g/mol. The molecular weight excluding hydrogens is 304 g/mol. The van der Waals surface area contributed by atoms with Crippen molar-refractivity contribution in [1.82, 2.24) is 0 Å². The molecule has 5 heteroatoms.